The fourth-order valence-corrected chi connectivity index (χ4v) is 1.54. The van der Waals surface area contributed by atoms with Crippen molar-refractivity contribution in [3.63, 3.8) is 0 Å². The predicted octanol–water partition coefficient (Wildman–Crippen LogP) is 2.10. The second kappa shape index (κ2) is 4.26. The molecule has 5 heteroatoms. The van der Waals surface area contributed by atoms with Gasteiger partial charge in [0.2, 0.25) is 5.88 Å². The minimum atomic E-state index is 0.335. The van der Waals surface area contributed by atoms with Gasteiger partial charge in [-0.2, -0.15) is 10.4 Å². The van der Waals surface area contributed by atoms with Crippen molar-refractivity contribution < 1.29 is 4.74 Å². The molecule has 2 aromatic rings. The summed E-state index contributed by atoms with van der Waals surface area (Å²) in [5.74, 6) is 1.10. The lowest BCUT2D eigenvalue weighted by Crippen LogP contribution is -1.94. The average Bonchev–Trinajstić information content (AvgIpc) is 2.56. The summed E-state index contributed by atoms with van der Waals surface area (Å²) in [6.45, 7) is 3.79. The molecule has 17 heavy (non-hydrogen) atoms. The van der Waals surface area contributed by atoms with Crippen LogP contribution in [0, 0.1) is 25.2 Å². The van der Waals surface area contributed by atoms with Crippen molar-refractivity contribution in [2.24, 2.45) is 7.05 Å². The molecule has 0 aliphatic heterocycles. The molecule has 0 saturated carbocycles. The summed E-state index contributed by atoms with van der Waals surface area (Å²) in [5.41, 5.74) is 2.06. The van der Waals surface area contributed by atoms with E-state index >= 15 is 0 Å². The first-order valence-electron chi connectivity index (χ1n) is 5.17. The van der Waals surface area contributed by atoms with Crippen molar-refractivity contribution in [2.75, 3.05) is 0 Å². The second-order valence-corrected chi connectivity index (χ2v) is 3.70. The van der Waals surface area contributed by atoms with Gasteiger partial charge in [-0.3, -0.25) is 4.68 Å². The minimum absolute atomic E-state index is 0.335. The normalized spacial score (nSPS) is 10.0. The van der Waals surface area contributed by atoms with E-state index in [1.54, 1.807) is 22.9 Å². The summed E-state index contributed by atoms with van der Waals surface area (Å²) in [7, 11) is 1.86. The Hall–Kier alpha value is -2.35. The maximum absolute atomic E-state index is 8.76. The molecule has 86 valence electrons. The Kier molecular flexibility index (Phi) is 2.79. The Labute approximate surface area is 99.3 Å². The molecule has 0 bridgehead atoms. The van der Waals surface area contributed by atoms with E-state index in [1.165, 1.54) is 0 Å². The number of ether oxygens (including phenoxy) is 1. The molecular weight excluding hydrogens is 216 g/mol. The first-order valence-corrected chi connectivity index (χ1v) is 5.17. The molecule has 0 saturated heterocycles. The van der Waals surface area contributed by atoms with Crippen LogP contribution in [0.2, 0.25) is 0 Å². The van der Waals surface area contributed by atoms with E-state index in [0.29, 0.717) is 17.3 Å². The van der Waals surface area contributed by atoms with Gasteiger partial charge in [0.25, 0.3) is 0 Å². The van der Waals surface area contributed by atoms with E-state index < -0.39 is 0 Å². The van der Waals surface area contributed by atoms with Gasteiger partial charge in [0.15, 0.2) is 5.75 Å². The first kappa shape index (κ1) is 11.1. The van der Waals surface area contributed by atoms with Gasteiger partial charge in [-0.25, -0.2) is 4.98 Å². The fourth-order valence-electron chi connectivity index (χ4n) is 1.54. The number of nitrogens with zero attached hydrogens (tertiary/aromatic N) is 4. The van der Waals surface area contributed by atoms with E-state index in [2.05, 4.69) is 10.1 Å². The van der Waals surface area contributed by atoms with Crippen molar-refractivity contribution in [3.05, 3.63) is 35.3 Å². The molecule has 5 nitrogen and oxygen atoms in total. The van der Waals surface area contributed by atoms with Crippen molar-refractivity contribution in [2.45, 2.75) is 13.8 Å². The lowest BCUT2D eigenvalue weighted by Gasteiger charge is -2.04. The van der Waals surface area contributed by atoms with Crippen LogP contribution in [-0.2, 0) is 7.05 Å². The highest BCUT2D eigenvalue weighted by Gasteiger charge is 2.12. The topological polar surface area (TPSA) is 63.7 Å². The molecule has 0 amide bonds. The number of hydrogen-bond donors (Lipinski definition) is 0. The summed E-state index contributed by atoms with van der Waals surface area (Å²) < 4.78 is 7.41. The van der Waals surface area contributed by atoms with E-state index in [4.69, 9.17) is 10.00 Å². The van der Waals surface area contributed by atoms with Crippen LogP contribution in [0.5, 0.6) is 11.6 Å². The molecule has 0 aliphatic rings. The van der Waals surface area contributed by atoms with Crippen LogP contribution in [0.15, 0.2) is 18.2 Å². The molecule has 0 atom stereocenters. The van der Waals surface area contributed by atoms with Gasteiger partial charge in [-0.1, -0.05) is 6.07 Å². The summed E-state index contributed by atoms with van der Waals surface area (Å²) in [4.78, 5) is 4.06. The van der Waals surface area contributed by atoms with Crippen LogP contribution >= 0.6 is 0 Å². The Morgan fingerprint density at radius 1 is 1.35 bits per heavy atom. The SMILES string of the molecule is Cc1nn(C)c(C)c1Oc1cccc(C#N)n1. The average molecular weight is 228 g/mol. The molecule has 2 aromatic heterocycles. The van der Waals surface area contributed by atoms with Gasteiger partial charge in [0.1, 0.15) is 17.5 Å². The van der Waals surface area contributed by atoms with Crippen molar-refractivity contribution in [1.29, 1.82) is 5.26 Å². The summed E-state index contributed by atoms with van der Waals surface area (Å²) >= 11 is 0. The monoisotopic (exact) mass is 228 g/mol. The predicted molar refractivity (Wildman–Crippen MR) is 61.7 cm³/mol. The van der Waals surface area contributed by atoms with Crippen molar-refractivity contribution in [1.82, 2.24) is 14.8 Å². The van der Waals surface area contributed by atoms with Crippen LogP contribution in [0.3, 0.4) is 0 Å². The van der Waals surface area contributed by atoms with E-state index in [0.717, 1.165) is 11.4 Å². The van der Waals surface area contributed by atoms with E-state index in [1.807, 2.05) is 27.0 Å². The minimum Gasteiger partial charge on any atom is -0.435 e. The summed E-state index contributed by atoms with van der Waals surface area (Å²) in [6, 6.07) is 7.06. The number of hydrogen-bond acceptors (Lipinski definition) is 4. The Morgan fingerprint density at radius 2 is 2.12 bits per heavy atom. The Morgan fingerprint density at radius 3 is 2.71 bits per heavy atom. The zero-order valence-corrected chi connectivity index (χ0v) is 9.93. The van der Waals surface area contributed by atoms with E-state index in [9.17, 15) is 0 Å². The molecule has 0 N–H and O–H groups in total. The van der Waals surface area contributed by atoms with E-state index in [-0.39, 0.29) is 0 Å². The molecule has 0 radical (unpaired) electrons. The van der Waals surface area contributed by atoms with Crippen LogP contribution in [0.1, 0.15) is 17.1 Å². The van der Waals surface area contributed by atoms with Crippen LogP contribution < -0.4 is 4.74 Å². The zero-order valence-electron chi connectivity index (χ0n) is 9.93. The third-order valence-corrected chi connectivity index (χ3v) is 2.49. The quantitative estimate of drug-likeness (QED) is 0.789. The van der Waals surface area contributed by atoms with Gasteiger partial charge in [0, 0.05) is 13.1 Å². The smallest absolute Gasteiger partial charge is 0.220 e. The van der Waals surface area contributed by atoms with Crippen LogP contribution in [0.4, 0.5) is 0 Å². The number of rotatable bonds is 2. The van der Waals surface area contributed by atoms with Crippen LogP contribution in [0.25, 0.3) is 0 Å². The molecule has 2 heterocycles. The lowest BCUT2D eigenvalue weighted by atomic mass is 10.3. The zero-order chi connectivity index (χ0) is 12.4. The second-order valence-electron chi connectivity index (χ2n) is 3.70. The number of pyridine rings is 1. The largest absolute Gasteiger partial charge is 0.435 e. The van der Waals surface area contributed by atoms with Gasteiger partial charge in [-0.05, 0) is 19.9 Å². The lowest BCUT2D eigenvalue weighted by molar-refractivity contribution is 0.454. The molecule has 0 spiro atoms. The summed E-state index contributed by atoms with van der Waals surface area (Å²) in [6.07, 6.45) is 0. The molecule has 0 fully saturated rings. The molecule has 0 unspecified atom stereocenters. The van der Waals surface area contributed by atoms with Crippen LogP contribution in [-0.4, -0.2) is 14.8 Å². The van der Waals surface area contributed by atoms with Gasteiger partial charge in [-0.15, -0.1) is 0 Å². The maximum Gasteiger partial charge on any atom is 0.220 e. The highest BCUT2D eigenvalue weighted by Crippen LogP contribution is 2.26. The highest BCUT2D eigenvalue weighted by molar-refractivity contribution is 5.36. The van der Waals surface area contributed by atoms with Crippen molar-refractivity contribution >= 4 is 0 Å². The Bertz CT molecular complexity index is 595. The number of aromatic nitrogens is 3. The van der Waals surface area contributed by atoms with Gasteiger partial charge < -0.3 is 4.74 Å². The van der Waals surface area contributed by atoms with Crippen molar-refractivity contribution in [3.8, 4) is 17.7 Å². The number of aryl methyl sites for hydroxylation is 2. The maximum atomic E-state index is 8.76. The molecule has 0 aromatic carbocycles. The molecule has 2 rings (SSSR count). The third-order valence-electron chi connectivity index (χ3n) is 2.49. The highest BCUT2D eigenvalue weighted by atomic mass is 16.5. The Balaban J connectivity index is 2.35. The standard InChI is InChI=1S/C12H12N4O/c1-8-12(9(2)16(3)15-8)17-11-6-4-5-10(7-13)14-11/h4-6H,1-3H3. The van der Waals surface area contributed by atoms with Gasteiger partial charge >= 0.3 is 0 Å². The first-order chi connectivity index (χ1) is 8.11. The summed E-state index contributed by atoms with van der Waals surface area (Å²) in [5, 5.41) is 13.0. The number of nitriles is 1. The molecular formula is C12H12N4O. The molecule has 0 aliphatic carbocycles. The third kappa shape index (κ3) is 2.11. The fraction of sp³-hybridized carbons (Fsp3) is 0.250. The van der Waals surface area contributed by atoms with Gasteiger partial charge in [0.05, 0.1) is 5.69 Å².